The van der Waals surface area contributed by atoms with Gasteiger partial charge >= 0.3 is 5.97 Å². The molecule has 1 aromatic carbocycles. The molecule has 2 N–H and O–H groups in total. The number of carboxylic acids is 1. The Kier molecular flexibility index (Phi) is 3.65. The third kappa shape index (κ3) is 2.85. The number of hydrogen-bond acceptors (Lipinski definition) is 2. The minimum Gasteiger partial charge on any atom is -0.481 e. The maximum Gasteiger partial charge on any atom is 0.309 e. The molecule has 0 unspecified atom stereocenters. The molecule has 1 atom stereocenters. The number of aliphatic hydroxyl groups is 1. The largest absolute Gasteiger partial charge is 0.481 e. The van der Waals surface area contributed by atoms with E-state index < -0.39 is 11.9 Å². The molecule has 0 aliphatic rings. The molecular formula is C11H14O3. The van der Waals surface area contributed by atoms with Crippen molar-refractivity contribution in [2.45, 2.75) is 13.3 Å². The van der Waals surface area contributed by atoms with Crippen molar-refractivity contribution in [3.05, 3.63) is 35.4 Å². The van der Waals surface area contributed by atoms with Crippen LogP contribution in [-0.4, -0.2) is 22.8 Å². The SMILES string of the molecule is Cc1cccc(C[C@H](CO)C(=O)O)c1. The van der Waals surface area contributed by atoms with E-state index in [1.54, 1.807) is 0 Å². The maximum atomic E-state index is 10.7. The number of aliphatic carboxylic acids is 1. The second-order valence-corrected chi connectivity index (χ2v) is 3.41. The van der Waals surface area contributed by atoms with E-state index in [9.17, 15) is 4.79 Å². The Morgan fingerprint density at radius 1 is 1.50 bits per heavy atom. The molecule has 0 radical (unpaired) electrons. The molecule has 1 aromatic rings. The van der Waals surface area contributed by atoms with Crippen molar-refractivity contribution in [2.75, 3.05) is 6.61 Å². The molecule has 0 fully saturated rings. The lowest BCUT2D eigenvalue weighted by Gasteiger charge is -2.09. The van der Waals surface area contributed by atoms with Crippen molar-refractivity contribution in [1.29, 1.82) is 0 Å². The minimum absolute atomic E-state index is 0.316. The van der Waals surface area contributed by atoms with Gasteiger partial charge in [-0.3, -0.25) is 4.79 Å². The molecule has 3 heteroatoms. The van der Waals surface area contributed by atoms with Crippen LogP contribution in [0.2, 0.25) is 0 Å². The van der Waals surface area contributed by atoms with Gasteiger partial charge in [0, 0.05) is 0 Å². The highest BCUT2D eigenvalue weighted by molar-refractivity contribution is 5.70. The van der Waals surface area contributed by atoms with Crippen LogP contribution in [-0.2, 0) is 11.2 Å². The Hall–Kier alpha value is -1.35. The summed E-state index contributed by atoms with van der Waals surface area (Å²) in [7, 11) is 0. The van der Waals surface area contributed by atoms with Crippen molar-refractivity contribution in [3.63, 3.8) is 0 Å². The van der Waals surface area contributed by atoms with Crippen molar-refractivity contribution in [2.24, 2.45) is 5.92 Å². The van der Waals surface area contributed by atoms with Crippen LogP contribution in [0.1, 0.15) is 11.1 Å². The smallest absolute Gasteiger partial charge is 0.309 e. The van der Waals surface area contributed by atoms with Gasteiger partial charge in [0.25, 0.3) is 0 Å². The summed E-state index contributed by atoms with van der Waals surface area (Å²) in [4.78, 5) is 10.7. The first-order chi connectivity index (χ1) is 6.63. The molecule has 0 aliphatic heterocycles. The van der Waals surface area contributed by atoms with Crippen LogP contribution in [0.4, 0.5) is 0 Å². The van der Waals surface area contributed by atoms with E-state index in [1.807, 2.05) is 31.2 Å². The van der Waals surface area contributed by atoms with Crippen LogP contribution >= 0.6 is 0 Å². The van der Waals surface area contributed by atoms with Gasteiger partial charge in [-0.25, -0.2) is 0 Å². The fourth-order valence-corrected chi connectivity index (χ4v) is 1.35. The van der Waals surface area contributed by atoms with Gasteiger partial charge < -0.3 is 10.2 Å². The lowest BCUT2D eigenvalue weighted by Crippen LogP contribution is -2.20. The summed E-state index contributed by atoms with van der Waals surface area (Å²) < 4.78 is 0. The number of aryl methyl sites for hydroxylation is 1. The van der Waals surface area contributed by atoms with E-state index in [0.717, 1.165) is 11.1 Å². The summed E-state index contributed by atoms with van der Waals surface area (Å²) in [6.07, 6.45) is 0.382. The fraction of sp³-hybridized carbons (Fsp3) is 0.364. The van der Waals surface area contributed by atoms with Gasteiger partial charge in [0.15, 0.2) is 0 Å². The third-order valence-electron chi connectivity index (χ3n) is 2.13. The van der Waals surface area contributed by atoms with Gasteiger partial charge in [-0.05, 0) is 18.9 Å². The van der Waals surface area contributed by atoms with Crippen molar-refractivity contribution in [3.8, 4) is 0 Å². The summed E-state index contributed by atoms with van der Waals surface area (Å²) in [5.74, 6) is -1.65. The van der Waals surface area contributed by atoms with E-state index in [0.29, 0.717) is 6.42 Å². The van der Waals surface area contributed by atoms with Gasteiger partial charge in [0.1, 0.15) is 0 Å². The van der Waals surface area contributed by atoms with Gasteiger partial charge in [-0.15, -0.1) is 0 Å². The molecule has 0 aromatic heterocycles. The molecule has 3 nitrogen and oxygen atoms in total. The molecule has 76 valence electrons. The molecule has 1 rings (SSSR count). The normalized spacial score (nSPS) is 12.4. The molecule has 0 saturated heterocycles. The molecule has 0 spiro atoms. The number of rotatable bonds is 4. The average molecular weight is 194 g/mol. The van der Waals surface area contributed by atoms with E-state index in [1.165, 1.54) is 0 Å². The van der Waals surface area contributed by atoms with E-state index in [4.69, 9.17) is 10.2 Å². The Morgan fingerprint density at radius 2 is 2.21 bits per heavy atom. The summed E-state index contributed by atoms with van der Waals surface area (Å²) in [6.45, 7) is 1.64. The zero-order valence-corrected chi connectivity index (χ0v) is 8.10. The zero-order valence-electron chi connectivity index (χ0n) is 8.10. The topological polar surface area (TPSA) is 57.5 Å². The van der Waals surface area contributed by atoms with Crippen LogP contribution in [0.3, 0.4) is 0 Å². The minimum atomic E-state index is -0.950. The summed E-state index contributed by atoms with van der Waals surface area (Å²) in [5.41, 5.74) is 2.05. The average Bonchev–Trinajstić information content (AvgIpc) is 2.14. The molecule has 14 heavy (non-hydrogen) atoms. The van der Waals surface area contributed by atoms with Crippen molar-refractivity contribution >= 4 is 5.97 Å². The number of benzene rings is 1. The van der Waals surface area contributed by atoms with Crippen LogP contribution in [0, 0.1) is 12.8 Å². The Morgan fingerprint density at radius 3 is 2.71 bits per heavy atom. The summed E-state index contributed by atoms with van der Waals surface area (Å²) >= 11 is 0. The highest BCUT2D eigenvalue weighted by atomic mass is 16.4. The van der Waals surface area contributed by atoms with Gasteiger partial charge in [-0.2, -0.15) is 0 Å². The van der Waals surface area contributed by atoms with Crippen LogP contribution < -0.4 is 0 Å². The Bertz CT molecular complexity index is 320. The van der Waals surface area contributed by atoms with E-state index >= 15 is 0 Å². The van der Waals surface area contributed by atoms with Crippen LogP contribution in [0.25, 0.3) is 0 Å². The number of aliphatic hydroxyl groups excluding tert-OH is 1. The summed E-state index contributed by atoms with van der Waals surface area (Å²) in [6, 6.07) is 7.66. The van der Waals surface area contributed by atoms with Gasteiger partial charge in [-0.1, -0.05) is 29.8 Å². The zero-order chi connectivity index (χ0) is 10.6. The quantitative estimate of drug-likeness (QED) is 0.758. The van der Waals surface area contributed by atoms with Crippen LogP contribution in [0.5, 0.6) is 0 Å². The fourth-order valence-electron chi connectivity index (χ4n) is 1.35. The lowest BCUT2D eigenvalue weighted by atomic mass is 9.99. The lowest BCUT2D eigenvalue weighted by molar-refractivity contribution is -0.143. The monoisotopic (exact) mass is 194 g/mol. The van der Waals surface area contributed by atoms with Gasteiger partial charge in [0.2, 0.25) is 0 Å². The molecule has 0 bridgehead atoms. The predicted molar refractivity (Wildman–Crippen MR) is 53.1 cm³/mol. The van der Waals surface area contributed by atoms with E-state index in [-0.39, 0.29) is 6.61 Å². The highest BCUT2D eigenvalue weighted by Crippen LogP contribution is 2.10. The van der Waals surface area contributed by atoms with Crippen molar-refractivity contribution < 1.29 is 15.0 Å². The highest BCUT2D eigenvalue weighted by Gasteiger charge is 2.16. The Balaban J connectivity index is 2.72. The second-order valence-electron chi connectivity index (χ2n) is 3.41. The first-order valence-electron chi connectivity index (χ1n) is 4.52. The maximum absolute atomic E-state index is 10.7. The Labute approximate surface area is 83.0 Å². The number of carbonyl (C=O) groups is 1. The predicted octanol–water partition coefficient (Wildman–Crippen LogP) is 1.23. The summed E-state index contributed by atoms with van der Waals surface area (Å²) in [5, 5.41) is 17.6. The standard InChI is InChI=1S/C11H14O3/c1-8-3-2-4-9(5-8)6-10(7-12)11(13)14/h2-5,10,12H,6-7H2,1H3,(H,13,14)/t10-/m1/s1. The van der Waals surface area contributed by atoms with Crippen LogP contribution in [0.15, 0.2) is 24.3 Å². The first-order valence-corrected chi connectivity index (χ1v) is 4.52. The number of hydrogen-bond donors (Lipinski definition) is 2. The molecule has 0 heterocycles. The van der Waals surface area contributed by atoms with Gasteiger partial charge in [0.05, 0.1) is 12.5 Å². The third-order valence-corrected chi connectivity index (χ3v) is 2.13. The molecule has 0 amide bonds. The van der Waals surface area contributed by atoms with E-state index in [2.05, 4.69) is 0 Å². The first kappa shape index (κ1) is 10.7. The molecule has 0 aliphatic carbocycles. The number of carboxylic acid groups (broad SMARTS) is 1. The second kappa shape index (κ2) is 4.77. The van der Waals surface area contributed by atoms with Crippen molar-refractivity contribution in [1.82, 2.24) is 0 Å². The molecular weight excluding hydrogens is 180 g/mol. The molecule has 0 saturated carbocycles.